The number of hydrogen-bond acceptors (Lipinski definition) is 1. The first-order valence-electron chi connectivity index (χ1n) is 5.18. The summed E-state index contributed by atoms with van der Waals surface area (Å²) in [4.78, 5) is 0. The molecule has 0 aromatic rings. The van der Waals surface area contributed by atoms with E-state index in [4.69, 9.17) is 0 Å². The van der Waals surface area contributed by atoms with E-state index in [-0.39, 0.29) is 0 Å². The summed E-state index contributed by atoms with van der Waals surface area (Å²) >= 11 is 0. The summed E-state index contributed by atoms with van der Waals surface area (Å²) in [6.45, 7) is 10.7. The Morgan fingerprint density at radius 1 is 1.17 bits per heavy atom. The molecule has 0 amide bonds. The number of allylic oxidation sites excluding steroid dienone is 1. The Bertz CT molecular complexity index is 108. The van der Waals surface area contributed by atoms with Crippen LogP contribution in [0.1, 0.15) is 46.0 Å². The lowest BCUT2D eigenvalue weighted by Gasteiger charge is -2.04. The van der Waals surface area contributed by atoms with Crippen LogP contribution in [0.5, 0.6) is 0 Å². The molecule has 0 heterocycles. The Labute approximate surface area is 77.2 Å². The van der Waals surface area contributed by atoms with Gasteiger partial charge in [0.2, 0.25) is 0 Å². The second kappa shape index (κ2) is 8.79. The van der Waals surface area contributed by atoms with Gasteiger partial charge in [-0.25, -0.2) is 0 Å². The zero-order chi connectivity index (χ0) is 9.23. The SMILES string of the molecule is C=C(CC)CCCNCCCC. The van der Waals surface area contributed by atoms with Crippen molar-refractivity contribution in [3.05, 3.63) is 12.2 Å². The van der Waals surface area contributed by atoms with E-state index in [1.165, 1.54) is 37.8 Å². The van der Waals surface area contributed by atoms with Crippen LogP contribution in [0.15, 0.2) is 12.2 Å². The zero-order valence-electron chi connectivity index (χ0n) is 8.66. The molecule has 0 aromatic heterocycles. The first-order valence-corrected chi connectivity index (χ1v) is 5.18. The molecule has 0 saturated heterocycles. The summed E-state index contributed by atoms with van der Waals surface area (Å²) in [5.74, 6) is 0. The van der Waals surface area contributed by atoms with Gasteiger partial charge in [0.1, 0.15) is 0 Å². The van der Waals surface area contributed by atoms with Crippen molar-refractivity contribution in [3.8, 4) is 0 Å². The monoisotopic (exact) mass is 169 g/mol. The average Bonchev–Trinajstić information content (AvgIpc) is 2.10. The first-order chi connectivity index (χ1) is 5.81. The minimum atomic E-state index is 1.13. The topological polar surface area (TPSA) is 12.0 Å². The van der Waals surface area contributed by atoms with Crippen LogP contribution in [-0.4, -0.2) is 13.1 Å². The third-order valence-electron chi connectivity index (χ3n) is 2.09. The van der Waals surface area contributed by atoms with Gasteiger partial charge >= 0.3 is 0 Å². The molecule has 0 spiro atoms. The molecule has 0 aromatic carbocycles. The van der Waals surface area contributed by atoms with Gasteiger partial charge in [-0.3, -0.25) is 0 Å². The Kier molecular flexibility index (Phi) is 8.57. The van der Waals surface area contributed by atoms with E-state index in [9.17, 15) is 0 Å². The average molecular weight is 169 g/mol. The molecular weight excluding hydrogens is 146 g/mol. The molecule has 0 unspecified atom stereocenters. The summed E-state index contributed by atoms with van der Waals surface area (Å²) < 4.78 is 0. The predicted octanol–water partition coefficient (Wildman–Crippen LogP) is 3.12. The molecule has 0 saturated carbocycles. The summed E-state index contributed by atoms with van der Waals surface area (Å²) in [7, 11) is 0. The Hall–Kier alpha value is -0.300. The maximum Gasteiger partial charge on any atom is -0.00459 e. The highest BCUT2D eigenvalue weighted by Gasteiger charge is 1.90. The van der Waals surface area contributed by atoms with Crippen molar-refractivity contribution < 1.29 is 0 Å². The zero-order valence-corrected chi connectivity index (χ0v) is 8.66. The normalized spacial score (nSPS) is 10.2. The smallest absolute Gasteiger partial charge is 0.00459 e. The minimum Gasteiger partial charge on any atom is -0.317 e. The number of unbranched alkanes of at least 4 members (excludes halogenated alkanes) is 1. The highest BCUT2D eigenvalue weighted by Crippen LogP contribution is 2.04. The first kappa shape index (κ1) is 11.7. The van der Waals surface area contributed by atoms with Gasteiger partial charge < -0.3 is 5.32 Å². The second-order valence-electron chi connectivity index (χ2n) is 3.31. The molecule has 0 fully saturated rings. The van der Waals surface area contributed by atoms with E-state index in [1.54, 1.807) is 0 Å². The summed E-state index contributed by atoms with van der Waals surface area (Å²) in [6, 6.07) is 0. The molecule has 0 aliphatic heterocycles. The molecule has 0 aliphatic rings. The molecule has 0 bridgehead atoms. The minimum absolute atomic E-state index is 1.13. The molecule has 0 rings (SSSR count). The molecule has 1 heteroatoms. The second-order valence-corrected chi connectivity index (χ2v) is 3.31. The summed E-state index contributed by atoms with van der Waals surface area (Å²) in [5, 5.41) is 3.42. The maximum atomic E-state index is 3.98. The van der Waals surface area contributed by atoms with Gasteiger partial charge in [0.15, 0.2) is 0 Å². The van der Waals surface area contributed by atoms with E-state index < -0.39 is 0 Å². The number of rotatable bonds is 8. The van der Waals surface area contributed by atoms with Crippen molar-refractivity contribution in [1.29, 1.82) is 0 Å². The highest BCUT2D eigenvalue weighted by molar-refractivity contribution is 4.91. The lowest BCUT2D eigenvalue weighted by molar-refractivity contribution is 0.613. The van der Waals surface area contributed by atoms with Crippen molar-refractivity contribution in [2.75, 3.05) is 13.1 Å². The highest BCUT2D eigenvalue weighted by atomic mass is 14.8. The molecule has 0 aliphatic carbocycles. The lowest BCUT2D eigenvalue weighted by atomic mass is 10.1. The molecular formula is C11H23N. The van der Waals surface area contributed by atoms with E-state index in [2.05, 4.69) is 25.7 Å². The van der Waals surface area contributed by atoms with Crippen LogP contribution < -0.4 is 5.32 Å². The van der Waals surface area contributed by atoms with Crippen molar-refractivity contribution in [1.82, 2.24) is 5.32 Å². The number of hydrogen-bond donors (Lipinski definition) is 1. The van der Waals surface area contributed by atoms with Crippen LogP contribution in [0.25, 0.3) is 0 Å². The van der Waals surface area contributed by atoms with Crippen molar-refractivity contribution in [3.63, 3.8) is 0 Å². The van der Waals surface area contributed by atoms with Crippen molar-refractivity contribution in [2.24, 2.45) is 0 Å². The van der Waals surface area contributed by atoms with Crippen LogP contribution in [0.2, 0.25) is 0 Å². The van der Waals surface area contributed by atoms with E-state index in [1.807, 2.05) is 0 Å². The van der Waals surface area contributed by atoms with Gasteiger partial charge in [-0.1, -0.05) is 32.4 Å². The van der Waals surface area contributed by atoms with E-state index in [0.717, 1.165) is 13.0 Å². The fourth-order valence-corrected chi connectivity index (χ4v) is 1.07. The largest absolute Gasteiger partial charge is 0.317 e. The van der Waals surface area contributed by atoms with E-state index in [0.29, 0.717) is 0 Å². The fraction of sp³-hybridized carbons (Fsp3) is 0.818. The fourth-order valence-electron chi connectivity index (χ4n) is 1.07. The quantitative estimate of drug-likeness (QED) is 0.435. The Balaban J connectivity index is 2.95. The van der Waals surface area contributed by atoms with Crippen LogP contribution in [-0.2, 0) is 0 Å². The number of nitrogens with one attached hydrogen (secondary N) is 1. The van der Waals surface area contributed by atoms with Crippen molar-refractivity contribution in [2.45, 2.75) is 46.0 Å². The molecule has 1 nitrogen and oxygen atoms in total. The summed E-state index contributed by atoms with van der Waals surface area (Å²) in [6.07, 6.45) is 6.16. The van der Waals surface area contributed by atoms with Gasteiger partial charge in [0.05, 0.1) is 0 Å². The standard InChI is InChI=1S/C11H23N/c1-4-6-9-12-10-7-8-11(3)5-2/h12H,3-10H2,1-2H3. The van der Waals surface area contributed by atoms with Crippen LogP contribution >= 0.6 is 0 Å². The third-order valence-corrected chi connectivity index (χ3v) is 2.09. The molecule has 0 radical (unpaired) electrons. The van der Waals surface area contributed by atoms with Gasteiger partial charge in [-0.15, -0.1) is 0 Å². The van der Waals surface area contributed by atoms with Gasteiger partial charge in [-0.05, 0) is 38.8 Å². The van der Waals surface area contributed by atoms with E-state index >= 15 is 0 Å². The molecule has 1 N–H and O–H groups in total. The van der Waals surface area contributed by atoms with Crippen LogP contribution in [0.4, 0.5) is 0 Å². The molecule has 72 valence electrons. The van der Waals surface area contributed by atoms with Gasteiger partial charge in [-0.2, -0.15) is 0 Å². The third kappa shape index (κ3) is 7.80. The van der Waals surface area contributed by atoms with Crippen molar-refractivity contribution >= 4 is 0 Å². The Morgan fingerprint density at radius 3 is 2.42 bits per heavy atom. The van der Waals surface area contributed by atoms with Gasteiger partial charge in [0.25, 0.3) is 0 Å². The summed E-state index contributed by atoms with van der Waals surface area (Å²) in [5.41, 5.74) is 1.38. The van der Waals surface area contributed by atoms with Crippen LogP contribution in [0.3, 0.4) is 0 Å². The molecule has 12 heavy (non-hydrogen) atoms. The van der Waals surface area contributed by atoms with Crippen LogP contribution in [0, 0.1) is 0 Å². The maximum absolute atomic E-state index is 3.98. The predicted molar refractivity (Wildman–Crippen MR) is 56.4 cm³/mol. The van der Waals surface area contributed by atoms with Gasteiger partial charge in [0, 0.05) is 0 Å². The molecule has 0 atom stereocenters. The Morgan fingerprint density at radius 2 is 1.83 bits per heavy atom. The lowest BCUT2D eigenvalue weighted by Crippen LogP contribution is -2.16.